The van der Waals surface area contributed by atoms with Crippen molar-refractivity contribution in [3.8, 4) is 11.5 Å². The third kappa shape index (κ3) is 6.04. The Hall–Kier alpha value is -3.42. The summed E-state index contributed by atoms with van der Waals surface area (Å²) in [5.41, 5.74) is 1.67. The Morgan fingerprint density at radius 3 is 2.48 bits per heavy atom. The molecule has 0 unspecified atom stereocenters. The monoisotopic (exact) mass is 431 g/mol. The lowest BCUT2D eigenvalue weighted by molar-refractivity contribution is -0.132. The molecule has 0 aliphatic carbocycles. The second-order valence-corrected chi connectivity index (χ2v) is 7.06. The first-order valence-electron chi connectivity index (χ1n) is 9.83. The highest BCUT2D eigenvalue weighted by atomic mass is 19.3. The lowest BCUT2D eigenvalue weighted by Crippen LogP contribution is -2.30. The van der Waals surface area contributed by atoms with Crippen LogP contribution in [0.15, 0.2) is 57.7 Å². The third-order valence-corrected chi connectivity index (χ3v) is 4.68. The third-order valence-electron chi connectivity index (χ3n) is 4.68. The van der Waals surface area contributed by atoms with E-state index in [1.165, 1.54) is 23.1 Å². The van der Waals surface area contributed by atoms with Crippen LogP contribution in [0.3, 0.4) is 0 Å². The predicted octanol–water partition coefficient (Wildman–Crippen LogP) is 4.38. The molecule has 0 aliphatic rings. The predicted molar refractivity (Wildman–Crippen MR) is 112 cm³/mol. The van der Waals surface area contributed by atoms with Crippen molar-refractivity contribution in [1.82, 2.24) is 4.90 Å². The van der Waals surface area contributed by atoms with Crippen LogP contribution >= 0.6 is 0 Å². The van der Waals surface area contributed by atoms with Gasteiger partial charge in [-0.2, -0.15) is 8.78 Å². The summed E-state index contributed by atoms with van der Waals surface area (Å²) in [5.74, 6) is 0.204. The molecule has 6 nitrogen and oxygen atoms in total. The molecule has 0 N–H and O–H groups in total. The fourth-order valence-electron chi connectivity index (χ4n) is 3.17. The van der Waals surface area contributed by atoms with Gasteiger partial charge in [-0.15, -0.1) is 0 Å². The molecule has 8 heteroatoms. The summed E-state index contributed by atoms with van der Waals surface area (Å²) in [6, 6.07) is 12.7. The van der Waals surface area contributed by atoms with E-state index < -0.39 is 12.2 Å². The van der Waals surface area contributed by atoms with Crippen LogP contribution in [0.1, 0.15) is 24.5 Å². The number of hydrogen-bond donors (Lipinski definition) is 0. The number of aryl methyl sites for hydroxylation is 1. The normalized spacial score (nSPS) is 11.0. The number of benzene rings is 2. The van der Waals surface area contributed by atoms with Crippen LogP contribution in [-0.4, -0.2) is 31.1 Å². The maximum absolute atomic E-state index is 12.4. The number of amides is 1. The Bertz CT molecular complexity index is 1100. The van der Waals surface area contributed by atoms with Crippen molar-refractivity contribution >= 4 is 16.9 Å². The van der Waals surface area contributed by atoms with Crippen LogP contribution in [0.25, 0.3) is 11.0 Å². The van der Waals surface area contributed by atoms with E-state index >= 15 is 0 Å². The van der Waals surface area contributed by atoms with Crippen molar-refractivity contribution in [2.75, 3.05) is 13.7 Å². The zero-order chi connectivity index (χ0) is 22.4. The topological polar surface area (TPSA) is 69.0 Å². The van der Waals surface area contributed by atoms with Gasteiger partial charge in [-0.1, -0.05) is 25.5 Å². The van der Waals surface area contributed by atoms with E-state index in [-0.39, 0.29) is 24.8 Å². The first kappa shape index (κ1) is 22.3. The van der Waals surface area contributed by atoms with E-state index in [9.17, 15) is 18.4 Å². The molecule has 0 radical (unpaired) electrons. The molecule has 0 fully saturated rings. The number of halogens is 2. The van der Waals surface area contributed by atoms with Gasteiger partial charge in [0.1, 0.15) is 17.1 Å². The smallest absolute Gasteiger partial charge is 0.387 e. The van der Waals surface area contributed by atoms with Crippen molar-refractivity contribution in [3.05, 3.63) is 70.1 Å². The van der Waals surface area contributed by atoms with Crippen molar-refractivity contribution < 1.29 is 27.5 Å². The van der Waals surface area contributed by atoms with E-state index in [0.717, 1.165) is 29.4 Å². The number of rotatable bonds is 9. The molecule has 2 aromatic carbocycles. The molecular weight excluding hydrogens is 408 g/mol. The van der Waals surface area contributed by atoms with Gasteiger partial charge in [0.25, 0.3) is 5.91 Å². The van der Waals surface area contributed by atoms with Crippen molar-refractivity contribution in [3.63, 3.8) is 0 Å². The second kappa shape index (κ2) is 10.1. The van der Waals surface area contributed by atoms with Crippen LogP contribution in [0.2, 0.25) is 0 Å². The lowest BCUT2D eigenvalue weighted by Gasteiger charge is -2.18. The molecule has 3 rings (SSSR count). The standard InChI is InChI=1S/C23H23F2NO5/c1-3-4-16-11-22(28)31-20-12-18(9-10-19(16)20)29-14-21(27)26(2)13-15-5-7-17(8-6-15)30-23(24)25/h5-12,23H,3-4,13-14H2,1-2H3. The summed E-state index contributed by atoms with van der Waals surface area (Å²) in [4.78, 5) is 25.6. The Kier molecular flexibility index (Phi) is 7.23. The highest BCUT2D eigenvalue weighted by molar-refractivity contribution is 5.82. The number of hydrogen-bond acceptors (Lipinski definition) is 5. The molecule has 1 aromatic heterocycles. The molecule has 1 heterocycles. The van der Waals surface area contributed by atoms with Gasteiger partial charge in [-0.25, -0.2) is 4.79 Å². The molecular formula is C23H23F2NO5. The van der Waals surface area contributed by atoms with E-state index in [2.05, 4.69) is 4.74 Å². The SMILES string of the molecule is CCCc1cc(=O)oc2cc(OCC(=O)N(C)Cc3ccc(OC(F)F)cc3)ccc12. The molecule has 0 spiro atoms. The average molecular weight is 431 g/mol. The Morgan fingerprint density at radius 1 is 1.10 bits per heavy atom. The second-order valence-electron chi connectivity index (χ2n) is 7.06. The van der Waals surface area contributed by atoms with Gasteiger partial charge in [-0.3, -0.25) is 4.79 Å². The summed E-state index contributed by atoms with van der Waals surface area (Å²) in [5, 5.41) is 0.844. The minimum atomic E-state index is -2.88. The number of fused-ring (bicyclic) bond motifs is 1. The minimum Gasteiger partial charge on any atom is -0.484 e. The highest BCUT2D eigenvalue weighted by Crippen LogP contribution is 2.23. The van der Waals surface area contributed by atoms with Crippen molar-refractivity contribution in [2.45, 2.75) is 32.9 Å². The van der Waals surface area contributed by atoms with Crippen LogP contribution in [0, 0.1) is 0 Å². The molecule has 164 valence electrons. The minimum absolute atomic E-state index is 0.0566. The fraction of sp³-hybridized carbons (Fsp3) is 0.304. The van der Waals surface area contributed by atoms with Gasteiger partial charge in [0.2, 0.25) is 0 Å². The van der Waals surface area contributed by atoms with E-state index in [0.29, 0.717) is 11.3 Å². The summed E-state index contributed by atoms with van der Waals surface area (Å²) >= 11 is 0. The van der Waals surface area contributed by atoms with Crippen LogP contribution in [0.5, 0.6) is 11.5 Å². The molecule has 0 aliphatic heterocycles. The average Bonchev–Trinajstić information content (AvgIpc) is 2.72. The first-order chi connectivity index (χ1) is 14.9. The summed E-state index contributed by atoms with van der Waals surface area (Å²) in [7, 11) is 1.62. The number of ether oxygens (including phenoxy) is 2. The van der Waals surface area contributed by atoms with Crippen LogP contribution < -0.4 is 15.1 Å². The lowest BCUT2D eigenvalue weighted by atomic mass is 10.1. The van der Waals surface area contributed by atoms with Gasteiger partial charge in [0.15, 0.2) is 6.61 Å². The number of carbonyl (C=O) groups is 1. The molecule has 0 atom stereocenters. The maximum Gasteiger partial charge on any atom is 0.387 e. The molecule has 3 aromatic rings. The maximum atomic E-state index is 12.4. The van der Waals surface area contributed by atoms with Crippen molar-refractivity contribution in [1.29, 1.82) is 0 Å². The Balaban J connectivity index is 1.60. The molecule has 0 bridgehead atoms. The molecule has 31 heavy (non-hydrogen) atoms. The quantitative estimate of drug-likeness (QED) is 0.470. The summed E-state index contributed by atoms with van der Waals surface area (Å²) < 4.78 is 39.6. The summed E-state index contributed by atoms with van der Waals surface area (Å²) in [6.07, 6.45) is 1.67. The van der Waals surface area contributed by atoms with Gasteiger partial charge in [0.05, 0.1) is 0 Å². The fourth-order valence-corrected chi connectivity index (χ4v) is 3.17. The largest absolute Gasteiger partial charge is 0.484 e. The Labute approximate surface area is 178 Å². The van der Waals surface area contributed by atoms with E-state index in [4.69, 9.17) is 9.15 Å². The van der Waals surface area contributed by atoms with Crippen LogP contribution in [0.4, 0.5) is 8.78 Å². The van der Waals surface area contributed by atoms with Crippen molar-refractivity contribution in [2.24, 2.45) is 0 Å². The zero-order valence-corrected chi connectivity index (χ0v) is 17.3. The molecule has 1 amide bonds. The Morgan fingerprint density at radius 2 is 1.81 bits per heavy atom. The van der Waals surface area contributed by atoms with Gasteiger partial charge in [-0.05, 0) is 41.8 Å². The number of carbonyl (C=O) groups excluding carboxylic acids is 1. The molecule has 0 saturated carbocycles. The zero-order valence-electron chi connectivity index (χ0n) is 17.3. The van der Waals surface area contributed by atoms with Gasteiger partial charge >= 0.3 is 12.2 Å². The van der Waals surface area contributed by atoms with E-state index in [1.54, 1.807) is 31.3 Å². The van der Waals surface area contributed by atoms with E-state index in [1.807, 2.05) is 13.0 Å². The number of nitrogens with zero attached hydrogens (tertiary/aromatic N) is 1. The van der Waals surface area contributed by atoms with Gasteiger partial charge < -0.3 is 18.8 Å². The van der Waals surface area contributed by atoms with Crippen LogP contribution in [-0.2, 0) is 17.8 Å². The first-order valence-corrected chi connectivity index (χ1v) is 9.83. The number of likely N-dealkylation sites (N-methyl/N-ethyl adjacent to an activating group) is 1. The highest BCUT2D eigenvalue weighted by Gasteiger charge is 2.12. The molecule has 0 saturated heterocycles. The van der Waals surface area contributed by atoms with Gasteiger partial charge in [0, 0.05) is 31.1 Å². The summed E-state index contributed by atoms with van der Waals surface area (Å²) in [6.45, 7) is -0.767. The number of alkyl halides is 2.